The molecule has 0 amide bonds. The van der Waals surface area contributed by atoms with Crippen LogP contribution in [-0.4, -0.2) is 40.9 Å². The number of benzene rings is 10. The SMILES string of the molecule is Oc1c(O)c(O)c2c(-c3ccc4oc5cc6ccccc6cc5c4c3)c3c(O)c(O)c(O)c(O)c3c(-c3ccc(-c4cccc5c4ccc4ccccc45)cc3)c2c1O. The summed E-state index contributed by atoms with van der Waals surface area (Å²) in [4.78, 5) is 0. The van der Waals surface area contributed by atoms with Crippen LogP contribution in [0.3, 0.4) is 0 Å². The minimum Gasteiger partial charge on any atom is -0.504 e. The van der Waals surface area contributed by atoms with Crippen LogP contribution in [0.5, 0.6) is 46.0 Å². The van der Waals surface area contributed by atoms with Gasteiger partial charge in [-0.2, -0.15) is 0 Å². The molecule has 0 fully saturated rings. The van der Waals surface area contributed by atoms with E-state index in [1.165, 1.54) is 0 Å². The first-order valence-corrected chi connectivity index (χ1v) is 18.7. The molecule has 1 aromatic heterocycles. The molecule has 0 saturated heterocycles. The molecule has 9 heteroatoms. The molecule has 59 heavy (non-hydrogen) atoms. The molecule has 0 aliphatic heterocycles. The van der Waals surface area contributed by atoms with Crippen molar-refractivity contribution in [2.75, 3.05) is 0 Å². The van der Waals surface area contributed by atoms with Gasteiger partial charge >= 0.3 is 0 Å². The van der Waals surface area contributed by atoms with Crippen molar-refractivity contribution >= 4 is 75.8 Å². The lowest BCUT2D eigenvalue weighted by atomic mass is 9.83. The lowest BCUT2D eigenvalue weighted by Crippen LogP contribution is -1.95. The van der Waals surface area contributed by atoms with Crippen LogP contribution >= 0.6 is 0 Å². The Hall–Kier alpha value is -8.30. The first-order valence-electron chi connectivity index (χ1n) is 18.7. The van der Waals surface area contributed by atoms with Gasteiger partial charge < -0.3 is 45.3 Å². The highest BCUT2D eigenvalue weighted by molar-refractivity contribution is 6.29. The normalized spacial score (nSPS) is 11.9. The fraction of sp³-hybridized carbons (Fsp3) is 0. The number of aromatic hydroxyl groups is 8. The molecule has 0 aliphatic rings. The minimum atomic E-state index is -1.03. The summed E-state index contributed by atoms with van der Waals surface area (Å²) in [6, 6.07) is 42.1. The van der Waals surface area contributed by atoms with E-state index < -0.39 is 46.0 Å². The summed E-state index contributed by atoms with van der Waals surface area (Å²) in [5.41, 5.74) is 3.44. The van der Waals surface area contributed by atoms with Crippen molar-refractivity contribution in [2.24, 2.45) is 0 Å². The number of phenols is 8. The van der Waals surface area contributed by atoms with E-state index in [2.05, 4.69) is 30.3 Å². The fourth-order valence-electron chi connectivity index (χ4n) is 8.92. The van der Waals surface area contributed by atoms with Crippen molar-refractivity contribution in [3.63, 3.8) is 0 Å². The van der Waals surface area contributed by atoms with E-state index in [0.29, 0.717) is 27.7 Å². The van der Waals surface area contributed by atoms with Gasteiger partial charge in [0.2, 0.25) is 23.0 Å². The molecule has 9 nitrogen and oxygen atoms in total. The monoisotopic (exact) mass is 774 g/mol. The first-order chi connectivity index (χ1) is 28.6. The predicted molar refractivity (Wildman–Crippen MR) is 231 cm³/mol. The Kier molecular flexibility index (Phi) is 6.97. The molecule has 0 aliphatic carbocycles. The van der Waals surface area contributed by atoms with Crippen LogP contribution in [0.4, 0.5) is 0 Å². The zero-order chi connectivity index (χ0) is 40.4. The second kappa shape index (κ2) is 12.1. The molecule has 0 radical (unpaired) electrons. The van der Waals surface area contributed by atoms with Gasteiger partial charge in [-0.15, -0.1) is 0 Å². The third-order valence-corrected chi connectivity index (χ3v) is 11.7. The van der Waals surface area contributed by atoms with E-state index >= 15 is 0 Å². The Morgan fingerprint density at radius 1 is 0.288 bits per heavy atom. The minimum absolute atomic E-state index is 0.0262. The van der Waals surface area contributed by atoms with Crippen LogP contribution < -0.4 is 0 Å². The molecule has 284 valence electrons. The largest absolute Gasteiger partial charge is 0.504 e. The van der Waals surface area contributed by atoms with Gasteiger partial charge in [-0.25, -0.2) is 0 Å². The number of hydrogen-bond acceptors (Lipinski definition) is 9. The van der Waals surface area contributed by atoms with Crippen molar-refractivity contribution in [1.82, 2.24) is 0 Å². The van der Waals surface area contributed by atoms with Gasteiger partial charge in [-0.1, -0.05) is 109 Å². The number of furan rings is 1. The summed E-state index contributed by atoms with van der Waals surface area (Å²) in [7, 11) is 0. The van der Waals surface area contributed by atoms with Gasteiger partial charge in [0.15, 0.2) is 23.0 Å². The standard InChI is InChI=1S/C50H30O9/c51-43-39-37(25-14-12-24(13-15-25)30-10-5-11-31-29-9-4-3-6-23(29)16-18-32(30)31)40-42(46(54)50(58)48(56)44(40)52)38(41(39)45(53)49(57)47(43)55)28-17-19-35-33(21-28)34-20-26-7-1-2-8-27(26)22-36(34)59-35/h1-22,51-58H. The van der Waals surface area contributed by atoms with Gasteiger partial charge in [0, 0.05) is 43.4 Å². The van der Waals surface area contributed by atoms with E-state index in [-0.39, 0.29) is 32.7 Å². The highest BCUT2D eigenvalue weighted by atomic mass is 16.4. The van der Waals surface area contributed by atoms with Crippen LogP contribution in [-0.2, 0) is 0 Å². The third-order valence-electron chi connectivity index (χ3n) is 11.7. The van der Waals surface area contributed by atoms with Crippen molar-refractivity contribution in [3.05, 3.63) is 133 Å². The average molecular weight is 775 g/mol. The van der Waals surface area contributed by atoms with Crippen molar-refractivity contribution in [3.8, 4) is 79.4 Å². The highest BCUT2D eigenvalue weighted by Gasteiger charge is 2.32. The van der Waals surface area contributed by atoms with Gasteiger partial charge in [0.1, 0.15) is 11.2 Å². The van der Waals surface area contributed by atoms with Crippen molar-refractivity contribution in [2.45, 2.75) is 0 Å². The summed E-state index contributed by atoms with van der Waals surface area (Å²) in [5.74, 6) is -7.50. The molecule has 10 aromatic carbocycles. The van der Waals surface area contributed by atoms with Crippen LogP contribution in [0.25, 0.3) is 109 Å². The third kappa shape index (κ3) is 4.66. The van der Waals surface area contributed by atoms with E-state index in [4.69, 9.17) is 4.42 Å². The predicted octanol–water partition coefficient (Wildman–Crippen LogP) is 12.0. The van der Waals surface area contributed by atoms with Gasteiger partial charge in [-0.05, 0) is 78.8 Å². The second-order valence-electron chi connectivity index (χ2n) is 14.8. The molecule has 11 aromatic rings. The van der Waals surface area contributed by atoms with Crippen molar-refractivity contribution < 1.29 is 45.3 Å². The van der Waals surface area contributed by atoms with Crippen LogP contribution in [0.15, 0.2) is 138 Å². The van der Waals surface area contributed by atoms with Gasteiger partial charge in [-0.3, -0.25) is 0 Å². The molecular formula is C50H30O9. The summed E-state index contributed by atoms with van der Waals surface area (Å²) < 4.78 is 6.22. The summed E-state index contributed by atoms with van der Waals surface area (Å²) in [6.45, 7) is 0. The Bertz CT molecular complexity index is 3560. The molecule has 1 heterocycles. The lowest BCUT2D eigenvalue weighted by Gasteiger charge is -2.22. The van der Waals surface area contributed by atoms with Gasteiger partial charge in [0.05, 0.1) is 0 Å². The number of hydrogen-bond donors (Lipinski definition) is 8. The van der Waals surface area contributed by atoms with E-state index in [9.17, 15) is 40.9 Å². The van der Waals surface area contributed by atoms with Crippen LogP contribution in [0.1, 0.15) is 0 Å². The average Bonchev–Trinajstić information content (AvgIpc) is 3.63. The van der Waals surface area contributed by atoms with E-state index in [0.717, 1.165) is 48.8 Å². The first kappa shape index (κ1) is 34.0. The maximum atomic E-state index is 11.8. The molecule has 0 bridgehead atoms. The van der Waals surface area contributed by atoms with Crippen molar-refractivity contribution in [1.29, 1.82) is 0 Å². The molecule has 0 spiro atoms. The maximum Gasteiger partial charge on any atom is 0.204 e. The van der Waals surface area contributed by atoms with E-state index in [1.54, 1.807) is 30.3 Å². The molecule has 0 atom stereocenters. The Morgan fingerprint density at radius 2 is 0.780 bits per heavy atom. The zero-order valence-electron chi connectivity index (χ0n) is 30.7. The quantitative estimate of drug-likeness (QED) is 0.0376. The Morgan fingerprint density at radius 3 is 1.41 bits per heavy atom. The topological polar surface area (TPSA) is 175 Å². The smallest absolute Gasteiger partial charge is 0.204 e. The summed E-state index contributed by atoms with van der Waals surface area (Å²) >= 11 is 0. The Balaban J connectivity index is 1.22. The molecule has 0 unspecified atom stereocenters. The zero-order valence-corrected chi connectivity index (χ0v) is 30.7. The Labute approximate surface area is 333 Å². The maximum absolute atomic E-state index is 11.8. The van der Waals surface area contributed by atoms with E-state index in [1.807, 2.05) is 72.8 Å². The highest BCUT2D eigenvalue weighted by Crippen LogP contribution is 2.62. The molecule has 11 rings (SSSR count). The number of phenolic OH excluding ortho intramolecular Hbond substituents is 8. The molecule has 0 saturated carbocycles. The number of fused-ring (bicyclic) bond motifs is 9. The lowest BCUT2D eigenvalue weighted by molar-refractivity contribution is 0.350. The molecular weight excluding hydrogens is 745 g/mol. The van der Waals surface area contributed by atoms with Gasteiger partial charge in [0.25, 0.3) is 0 Å². The number of rotatable bonds is 3. The molecule has 8 N–H and O–H groups in total. The van der Waals surface area contributed by atoms with Crippen LogP contribution in [0, 0.1) is 0 Å². The summed E-state index contributed by atoms with van der Waals surface area (Å²) in [5, 5.41) is 97.9. The second-order valence-corrected chi connectivity index (χ2v) is 14.8. The summed E-state index contributed by atoms with van der Waals surface area (Å²) in [6.07, 6.45) is 0. The van der Waals surface area contributed by atoms with Crippen LogP contribution in [0.2, 0.25) is 0 Å². The fourth-order valence-corrected chi connectivity index (χ4v) is 8.92.